The first-order chi connectivity index (χ1) is 11.2. The van der Waals surface area contributed by atoms with E-state index in [0.29, 0.717) is 11.4 Å². The number of hydrogen-bond acceptors (Lipinski definition) is 3. The molecule has 0 heterocycles. The van der Waals surface area contributed by atoms with Crippen LogP contribution in [0.25, 0.3) is 0 Å². The Hall–Kier alpha value is -1.85. The molecule has 0 aliphatic rings. The number of methoxy groups -OCH3 is 1. The molecular formula is C19H25NO3S. The first-order valence-electron chi connectivity index (χ1n) is 7.87. The van der Waals surface area contributed by atoms with Crippen LogP contribution in [0.1, 0.15) is 30.5 Å². The fourth-order valence-electron chi connectivity index (χ4n) is 2.38. The highest BCUT2D eigenvalue weighted by Crippen LogP contribution is 2.25. The van der Waals surface area contributed by atoms with Crippen molar-refractivity contribution in [2.24, 2.45) is 0 Å². The fourth-order valence-corrected chi connectivity index (χ4v) is 3.68. The van der Waals surface area contributed by atoms with Crippen LogP contribution in [0.15, 0.2) is 47.4 Å². The van der Waals surface area contributed by atoms with Crippen LogP contribution in [-0.4, -0.2) is 22.1 Å². The Balaban J connectivity index is 2.15. The van der Waals surface area contributed by atoms with E-state index < -0.39 is 10.0 Å². The average molecular weight is 347 g/mol. The zero-order valence-corrected chi connectivity index (χ0v) is 15.7. The zero-order chi connectivity index (χ0) is 18.0. The Kier molecular flexibility index (Phi) is 5.35. The molecule has 2 aromatic carbocycles. The molecule has 1 N–H and O–H groups in total. The molecule has 0 unspecified atom stereocenters. The van der Waals surface area contributed by atoms with Gasteiger partial charge in [0.1, 0.15) is 5.75 Å². The maximum absolute atomic E-state index is 12.5. The summed E-state index contributed by atoms with van der Waals surface area (Å²) >= 11 is 0. The van der Waals surface area contributed by atoms with Crippen LogP contribution < -0.4 is 9.46 Å². The highest BCUT2D eigenvalue weighted by molar-refractivity contribution is 7.89. The summed E-state index contributed by atoms with van der Waals surface area (Å²) in [7, 11) is -1.91. The molecule has 2 aromatic rings. The third-order valence-corrected chi connectivity index (χ3v) is 5.76. The van der Waals surface area contributed by atoms with Gasteiger partial charge in [0.25, 0.3) is 0 Å². The Morgan fingerprint density at radius 3 is 2.17 bits per heavy atom. The van der Waals surface area contributed by atoms with Gasteiger partial charge in [0.2, 0.25) is 10.0 Å². The van der Waals surface area contributed by atoms with Gasteiger partial charge in [-0.2, -0.15) is 0 Å². The molecule has 0 bridgehead atoms. The minimum atomic E-state index is -3.53. The number of ether oxygens (including phenoxy) is 1. The van der Waals surface area contributed by atoms with Gasteiger partial charge in [0.15, 0.2) is 0 Å². The van der Waals surface area contributed by atoms with Crippen LogP contribution >= 0.6 is 0 Å². The maximum atomic E-state index is 12.5. The van der Waals surface area contributed by atoms with Crippen LogP contribution in [0.3, 0.4) is 0 Å². The first-order valence-corrected chi connectivity index (χ1v) is 9.35. The summed E-state index contributed by atoms with van der Waals surface area (Å²) in [5, 5.41) is 0. The van der Waals surface area contributed by atoms with Crippen LogP contribution in [0.5, 0.6) is 5.75 Å². The molecule has 0 spiro atoms. The van der Waals surface area contributed by atoms with Crippen LogP contribution in [-0.2, 0) is 15.4 Å². The standard InChI is InChI=1S/C19H25NO3S/c1-14-6-11-18(12-15(14)2)24(21,22)20-13-19(3,4)16-7-9-17(23-5)10-8-16/h6-12,20H,13H2,1-5H3. The Morgan fingerprint density at radius 2 is 1.62 bits per heavy atom. The fraction of sp³-hybridized carbons (Fsp3) is 0.368. The van der Waals surface area contributed by atoms with Gasteiger partial charge in [0.05, 0.1) is 12.0 Å². The topological polar surface area (TPSA) is 55.4 Å². The minimum Gasteiger partial charge on any atom is -0.497 e. The largest absolute Gasteiger partial charge is 0.497 e. The predicted octanol–water partition coefficient (Wildman–Crippen LogP) is 3.57. The lowest BCUT2D eigenvalue weighted by atomic mass is 9.85. The molecule has 0 saturated heterocycles. The number of rotatable bonds is 6. The van der Waals surface area contributed by atoms with Gasteiger partial charge in [-0.25, -0.2) is 13.1 Å². The summed E-state index contributed by atoms with van der Waals surface area (Å²) in [5.41, 5.74) is 2.75. The normalized spacial score (nSPS) is 12.2. The van der Waals surface area contributed by atoms with Crippen molar-refractivity contribution in [2.45, 2.75) is 38.0 Å². The second kappa shape index (κ2) is 6.95. The molecule has 0 aliphatic heterocycles. The van der Waals surface area contributed by atoms with Gasteiger partial charge in [-0.05, 0) is 54.8 Å². The molecule has 0 atom stereocenters. The lowest BCUT2D eigenvalue weighted by molar-refractivity contribution is 0.414. The zero-order valence-electron chi connectivity index (χ0n) is 14.9. The summed E-state index contributed by atoms with van der Waals surface area (Å²) < 4.78 is 33.0. The second-order valence-electron chi connectivity index (χ2n) is 6.68. The predicted molar refractivity (Wildman–Crippen MR) is 97.1 cm³/mol. The van der Waals surface area contributed by atoms with E-state index in [1.54, 1.807) is 19.2 Å². The average Bonchev–Trinajstić information content (AvgIpc) is 2.55. The van der Waals surface area contributed by atoms with Gasteiger partial charge < -0.3 is 4.74 Å². The smallest absolute Gasteiger partial charge is 0.240 e. The summed E-state index contributed by atoms with van der Waals surface area (Å²) in [6.45, 7) is 8.21. The summed E-state index contributed by atoms with van der Waals surface area (Å²) in [5.74, 6) is 0.783. The van der Waals surface area contributed by atoms with Crippen molar-refractivity contribution >= 4 is 10.0 Å². The van der Waals surface area contributed by atoms with E-state index >= 15 is 0 Å². The molecule has 4 nitrogen and oxygen atoms in total. The minimum absolute atomic E-state index is 0.302. The monoisotopic (exact) mass is 347 g/mol. The molecule has 5 heteroatoms. The Labute approximate surface area is 144 Å². The van der Waals surface area contributed by atoms with Crippen molar-refractivity contribution in [2.75, 3.05) is 13.7 Å². The number of aryl methyl sites for hydroxylation is 2. The van der Waals surface area contributed by atoms with E-state index in [9.17, 15) is 8.42 Å². The number of nitrogens with one attached hydrogen (secondary N) is 1. The number of hydrogen-bond donors (Lipinski definition) is 1. The van der Waals surface area contributed by atoms with Crippen LogP contribution in [0.4, 0.5) is 0 Å². The van der Waals surface area contributed by atoms with E-state index in [1.165, 1.54) is 0 Å². The molecule has 0 radical (unpaired) electrons. The van der Waals surface area contributed by atoms with Gasteiger partial charge in [-0.3, -0.25) is 0 Å². The van der Waals surface area contributed by atoms with Crippen molar-refractivity contribution in [1.29, 1.82) is 0 Å². The molecule has 0 amide bonds. The van der Waals surface area contributed by atoms with E-state index in [4.69, 9.17) is 4.74 Å². The quantitative estimate of drug-likeness (QED) is 0.869. The van der Waals surface area contributed by atoms with Crippen molar-refractivity contribution in [3.05, 3.63) is 59.2 Å². The molecule has 2 rings (SSSR count). The van der Waals surface area contributed by atoms with E-state index in [2.05, 4.69) is 4.72 Å². The van der Waals surface area contributed by atoms with E-state index in [0.717, 1.165) is 22.4 Å². The van der Waals surface area contributed by atoms with Crippen molar-refractivity contribution < 1.29 is 13.2 Å². The summed E-state index contributed by atoms with van der Waals surface area (Å²) in [4.78, 5) is 0.302. The SMILES string of the molecule is COc1ccc(C(C)(C)CNS(=O)(=O)c2ccc(C)c(C)c2)cc1. The van der Waals surface area contributed by atoms with Gasteiger partial charge in [-0.15, -0.1) is 0 Å². The highest BCUT2D eigenvalue weighted by atomic mass is 32.2. The first kappa shape index (κ1) is 18.5. The van der Waals surface area contributed by atoms with Gasteiger partial charge in [0, 0.05) is 12.0 Å². The molecule has 0 aromatic heterocycles. The maximum Gasteiger partial charge on any atom is 0.240 e. The summed E-state index contributed by atoms with van der Waals surface area (Å²) in [6.07, 6.45) is 0. The number of benzene rings is 2. The molecule has 130 valence electrons. The third kappa shape index (κ3) is 4.16. The van der Waals surface area contributed by atoms with Crippen LogP contribution in [0.2, 0.25) is 0 Å². The van der Waals surface area contributed by atoms with E-state index in [-0.39, 0.29) is 5.41 Å². The lowest BCUT2D eigenvalue weighted by Crippen LogP contribution is -2.36. The molecule has 24 heavy (non-hydrogen) atoms. The Bertz CT molecular complexity index is 809. The van der Waals surface area contributed by atoms with Crippen LogP contribution in [0, 0.1) is 13.8 Å². The Morgan fingerprint density at radius 1 is 1.00 bits per heavy atom. The molecule has 0 fully saturated rings. The van der Waals surface area contributed by atoms with E-state index in [1.807, 2.05) is 58.0 Å². The lowest BCUT2D eigenvalue weighted by Gasteiger charge is -2.26. The van der Waals surface area contributed by atoms with Crippen molar-refractivity contribution in [3.8, 4) is 5.75 Å². The third-order valence-electron chi connectivity index (χ3n) is 4.36. The van der Waals surface area contributed by atoms with Gasteiger partial charge >= 0.3 is 0 Å². The number of sulfonamides is 1. The molecule has 0 aliphatic carbocycles. The second-order valence-corrected chi connectivity index (χ2v) is 8.45. The van der Waals surface area contributed by atoms with Gasteiger partial charge in [-0.1, -0.05) is 32.0 Å². The highest BCUT2D eigenvalue weighted by Gasteiger charge is 2.24. The molecular weight excluding hydrogens is 322 g/mol. The van der Waals surface area contributed by atoms with Crippen molar-refractivity contribution in [3.63, 3.8) is 0 Å². The molecule has 0 saturated carbocycles. The van der Waals surface area contributed by atoms with Crippen molar-refractivity contribution in [1.82, 2.24) is 4.72 Å². The summed E-state index contributed by atoms with van der Waals surface area (Å²) in [6, 6.07) is 12.9.